The van der Waals surface area contributed by atoms with E-state index in [1.165, 1.54) is 11.1 Å². The summed E-state index contributed by atoms with van der Waals surface area (Å²) < 4.78 is 4.02. The molecule has 1 aromatic carbocycles. The summed E-state index contributed by atoms with van der Waals surface area (Å²) in [5.74, 6) is 0. The summed E-state index contributed by atoms with van der Waals surface area (Å²) in [4.78, 5) is 0. The minimum atomic E-state index is 0.373. The first-order valence-electron chi connectivity index (χ1n) is 7.06. The highest BCUT2D eigenvalue weighted by Gasteiger charge is 2.14. The third-order valence-corrected chi connectivity index (χ3v) is 3.82. The van der Waals surface area contributed by atoms with Gasteiger partial charge in [0.15, 0.2) is 0 Å². The Kier molecular flexibility index (Phi) is 3.06. The van der Waals surface area contributed by atoms with Gasteiger partial charge in [-0.2, -0.15) is 10.4 Å². The van der Waals surface area contributed by atoms with Crippen LogP contribution in [0.3, 0.4) is 0 Å². The molecule has 0 amide bonds. The highest BCUT2D eigenvalue weighted by atomic mass is 15.2. The Bertz CT molecular complexity index is 859. The molecule has 2 aromatic heterocycles. The zero-order valence-corrected chi connectivity index (χ0v) is 12.8. The second kappa shape index (κ2) is 4.78. The fourth-order valence-electron chi connectivity index (χ4n) is 2.99. The summed E-state index contributed by atoms with van der Waals surface area (Å²) in [6.45, 7) is 6.43. The predicted molar refractivity (Wildman–Crippen MR) is 84.0 cm³/mol. The molecule has 0 radical (unpaired) electrons. The Morgan fingerprint density at radius 3 is 2.57 bits per heavy atom. The van der Waals surface area contributed by atoms with Crippen molar-refractivity contribution in [2.45, 2.75) is 26.8 Å². The number of aromatic nitrogens is 3. The van der Waals surface area contributed by atoms with Crippen molar-refractivity contribution < 1.29 is 0 Å². The molecule has 0 saturated carbocycles. The summed E-state index contributed by atoms with van der Waals surface area (Å²) in [6, 6.07) is 8.96. The van der Waals surface area contributed by atoms with Gasteiger partial charge in [0, 0.05) is 47.0 Å². The topological polar surface area (TPSA) is 46.5 Å². The van der Waals surface area contributed by atoms with Gasteiger partial charge in [-0.1, -0.05) is 0 Å². The van der Waals surface area contributed by atoms with Crippen molar-refractivity contribution in [3.63, 3.8) is 0 Å². The molecule has 0 aliphatic carbocycles. The molecular weight excluding hydrogens is 260 g/mol. The monoisotopic (exact) mass is 278 g/mol. The predicted octanol–water partition coefficient (Wildman–Crippen LogP) is 3.80. The molecule has 3 aromatic rings. The Morgan fingerprint density at radius 2 is 2.00 bits per heavy atom. The van der Waals surface area contributed by atoms with Crippen LogP contribution in [0.4, 0.5) is 0 Å². The molecule has 0 atom stereocenters. The summed E-state index contributed by atoms with van der Waals surface area (Å²) in [5, 5.41) is 14.9. The van der Waals surface area contributed by atoms with Crippen molar-refractivity contribution in [3.05, 3.63) is 41.9 Å². The number of benzene rings is 1. The molecule has 4 nitrogen and oxygen atoms in total. The number of hydrogen-bond donors (Lipinski definition) is 0. The summed E-state index contributed by atoms with van der Waals surface area (Å²) in [7, 11) is 1.88. The van der Waals surface area contributed by atoms with Crippen LogP contribution in [-0.4, -0.2) is 14.3 Å². The van der Waals surface area contributed by atoms with E-state index < -0.39 is 0 Å². The zero-order chi connectivity index (χ0) is 15.1. The lowest BCUT2D eigenvalue weighted by atomic mass is 10.0. The Labute approximate surface area is 124 Å². The maximum Gasteiger partial charge on any atom is 0.0998 e. The van der Waals surface area contributed by atoms with E-state index in [9.17, 15) is 5.26 Å². The van der Waals surface area contributed by atoms with Gasteiger partial charge in [-0.3, -0.25) is 4.68 Å². The largest absolute Gasteiger partial charge is 0.342 e. The molecule has 0 N–H and O–H groups in total. The molecule has 0 saturated heterocycles. The highest BCUT2D eigenvalue weighted by molar-refractivity contribution is 5.89. The molecule has 4 heteroatoms. The van der Waals surface area contributed by atoms with Crippen LogP contribution in [0.5, 0.6) is 0 Å². The maximum absolute atomic E-state index is 9.50. The van der Waals surface area contributed by atoms with E-state index in [1.807, 2.05) is 19.3 Å². The summed E-state index contributed by atoms with van der Waals surface area (Å²) in [6.07, 6.45) is 3.74. The fraction of sp³-hybridized carbons (Fsp3) is 0.294. The lowest BCUT2D eigenvalue weighted by Crippen LogP contribution is -2.02. The molecule has 2 heterocycles. The average molecular weight is 278 g/mol. The summed E-state index contributed by atoms with van der Waals surface area (Å²) >= 11 is 0. The molecule has 106 valence electrons. The molecule has 3 rings (SSSR count). The molecule has 0 bridgehead atoms. The average Bonchev–Trinajstić information content (AvgIpc) is 2.99. The van der Waals surface area contributed by atoms with Crippen LogP contribution in [0.2, 0.25) is 0 Å². The van der Waals surface area contributed by atoms with Crippen molar-refractivity contribution in [3.8, 4) is 17.2 Å². The van der Waals surface area contributed by atoms with Crippen LogP contribution in [-0.2, 0) is 7.05 Å². The first-order valence-corrected chi connectivity index (χ1v) is 7.06. The van der Waals surface area contributed by atoms with Gasteiger partial charge in [-0.05, 0) is 39.0 Å². The van der Waals surface area contributed by atoms with E-state index in [0.29, 0.717) is 11.6 Å². The number of nitrogens with zero attached hydrogens (tertiary/aromatic N) is 4. The second-order valence-electron chi connectivity index (χ2n) is 5.72. The Balaban J connectivity index is 2.31. The minimum absolute atomic E-state index is 0.373. The van der Waals surface area contributed by atoms with Crippen LogP contribution < -0.4 is 0 Å². The molecule has 0 unspecified atom stereocenters. The van der Waals surface area contributed by atoms with E-state index in [-0.39, 0.29) is 0 Å². The van der Waals surface area contributed by atoms with Crippen LogP contribution in [0.25, 0.3) is 22.0 Å². The molecule has 0 aliphatic heterocycles. The van der Waals surface area contributed by atoms with Crippen LogP contribution in [0.15, 0.2) is 30.6 Å². The quantitative estimate of drug-likeness (QED) is 0.715. The molecular formula is C17H18N4. The third kappa shape index (κ3) is 2.11. The van der Waals surface area contributed by atoms with Crippen molar-refractivity contribution in [2.24, 2.45) is 7.05 Å². The van der Waals surface area contributed by atoms with E-state index in [4.69, 9.17) is 0 Å². The van der Waals surface area contributed by atoms with Crippen molar-refractivity contribution >= 4 is 10.9 Å². The van der Waals surface area contributed by atoms with Crippen LogP contribution >= 0.6 is 0 Å². The SMILES string of the molecule is Cc1cc2cc(-c3cnn(C)c3)c(C#N)cc2n1C(C)C. The minimum Gasteiger partial charge on any atom is -0.342 e. The van der Waals surface area contributed by atoms with Crippen molar-refractivity contribution in [1.29, 1.82) is 5.26 Å². The lowest BCUT2D eigenvalue weighted by molar-refractivity contribution is 0.608. The van der Waals surface area contributed by atoms with Gasteiger partial charge in [0.05, 0.1) is 17.8 Å². The molecule has 0 spiro atoms. The van der Waals surface area contributed by atoms with Crippen molar-refractivity contribution in [2.75, 3.05) is 0 Å². The van der Waals surface area contributed by atoms with Crippen LogP contribution in [0, 0.1) is 18.3 Å². The number of rotatable bonds is 2. The van der Waals surface area contributed by atoms with E-state index in [2.05, 4.69) is 48.6 Å². The van der Waals surface area contributed by atoms with E-state index in [1.54, 1.807) is 10.9 Å². The van der Waals surface area contributed by atoms with Gasteiger partial charge in [-0.15, -0.1) is 0 Å². The Morgan fingerprint density at radius 1 is 1.24 bits per heavy atom. The Hall–Kier alpha value is -2.54. The van der Waals surface area contributed by atoms with E-state index >= 15 is 0 Å². The zero-order valence-electron chi connectivity index (χ0n) is 12.8. The number of aryl methyl sites for hydroxylation is 2. The molecule has 0 fully saturated rings. The van der Waals surface area contributed by atoms with Gasteiger partial charge in [0.1, 0.15) is 0 Å². The first-order chi connectivity index (χ1) is 10.0. The van der Waals surface area contributed by atoms with Gasteiger partial charge in [-0.25, -0.2) is 0 Å². The van der Waals surface area contributed by atoms with E-state index in [0.717, 1.165) is 16.6 Å². The van der Waals surface area contributed by atoms with Gasteiger partial charge in [0.2, 0.25) is 0 Å². The smallest absolute Gasteiger partial charge is 0.0998 e. The standard InChI is InChI=1S/C17H18N4/c1-11(2)21-12(3)5-13-6-16(14(8-18)7-17(13)21)15-9-19-20(4)10-15/h5-7,9-11H,1-4H3. The normalized spacial score (nSPS) is 11.2. The molecule has 21 heavy (non-hydrogen) atoms. The first kappa shape index (κ1) is 13.4. The van der Waals surface area contributed by atoms with Crippen molar-refractivity contribution in [1.82, 2.24) is 14.3 Å². The number of fused-ring (bicyclic) bond motifs is 1. The highest BCUT2D eigenvalue weighted by Crippen LogP contribution is 2.31. The maximum atomic E-state index is 9.50. The molecule has 0 aliphatic rings. The van der Waals surface area contributed by atoms with Gasteiger partial charge in [0.25, 0.3) is 0 Å². The fourth-order valence-corrected chi connectivity index (χ4v) is 2.99. The summed E-state index contributed by atoms with van der Waals surface area (Å²) in [5.41, 5.74) is 4.94. The third-order valence-electron chi connectivity index (χ3n) is 3.82. The number of hydrogen-bond acceptors (Lipinski definition) is 2. The number of nitriles is 1. The lowest BCUT2D eigenvalue weighted by Gasteiger charge is -2.13. The van der Waals surface area contributed by atoms with Crippen LogP contribution in [0.1, 0.15) is 31.1 Å². The second-order valence-corrected chi connectivity index (χ2v) is 5.72. The van der Waals surface area contributed by atoms with Gasteiger partial charge < -0.3 is 4.57 Å². The van der Waals surface area contributed by atoms with Gasteiger partial charge >= 0.3 is 0 Å².